The fourth-order valence-electron chi connectivity index (χ4n) is 1.74. The quantitative estimate of drug-likeness (QED) is 0.667. The molecule has 0 saturated heterocycles. The van der Waals surface area contributed by atoms with Crippen LogP contribution in [-0.2, 0) is 17.9 Å². The van der Waals surface area contributed by atoms with Gasteiger partial charge in [-0.1, -0.05) is 6.92 Å². The Bertz CT molecular complexity index is 540. The number of nitrogens with one attached hydrogen (secondary N) is 1. The molecule has 2 aromatic rings. The maximum atomic E-state index is 11.6. The topological polar surface area (TPSA) is 85.8 Å². The Hall–Kier alpha value is -2.51. The average molecular weight is 291 g/mol. The number of aryl methyl sites for hydroxylation is 1. The lowest BCUT2D eigenvalue weighted by atomic mass is 10.4. The molecule has 112 valence electrons. The summed E-state index contributed by atoms with van der Waals surface area (Å²) in [6.07, 6.45) is 6.45. The molecule has 0 unspecified atom stereocenters. The van der Waals surface area contributed by atoms with Crippen molar-refractivity contribution in [2.45, 2.75) is 26.4 Å². The Morgan fingerprint density at radius 1 is 1.43 bits per heavy atom. The zero-order valence-corrected chi connectivity index (χ0v) is 12.0. The van der Waals surface area contributed by atoms with Gasteiger partial charge in [-0.2, -0.15) is 0 Å². The minimum absolute atomic E-state index is 0.00655. The first-order valence-corrected chi connectivity index (χ1v) is 6.87. The molecule has 2 rings (SSSR count). The molecule has 0 aliphatic rings. The first-order chi connectivity index (χ1) is 10.3. The maximum absolute atomic E-state index is 11.6. The van der Waals surface area contributed by atoms with E-state index in [9.17, 15) is 4.79 Å². The standard InChI is InChI=1S/C13H18N6O2/c1-2-6-18-7-3-12(4-8-18)21-10-13(20)14-5-9-19-11-15-16-17-19/h3-4,7-8,11H,2,5-6,9-10H2,1H3/p+1. The SMILES string of the molecule is CCC[n+]1ccc(OCC(=O)NCCn2cnnn2)cc1. The number of amides is 1. The lowest BCUT2D eigenvalue weighted by Gasteiger charge is -2.06. The third kappa shape index (κ3) is 5.17. The highest BCUT2D eigenvalue weighted by molar-refractivity contribution is 5.77. The van der Waals surface area contributed by atoms with Crippen molar-refractivity contribution < 1.29 is 14.1 Å². The number of carbonyl (C=O) groups is 1. The van der Waals surface area contributed by atoms with Gasteiger partial charge in [0.2, 0.25) is 0 Å². The number of rotatable bonds is 8. The van der Waals surface area contributed by atoms with E-state index in [4.69, 9.17) is 4.74 Å². The van der Waals surface area contributed by atoms with Crippen LogP contribution in [0.4, 0.5) is 0 Å². The first-order valence-electron chi connectivity index (χ1n) is 6.87. The lowest BCUT2D eigenvalue weighted by molar-refractivity contribution is -0.697. The van der Waals surface area contributed by atoms with E-state index in [-0.39, 0.29) is 12.5 Å². The van der Waals surface area contributed by atoms with Crippen molar-refractivity contribution in [1.29, 1.82) is 0 Å². The Morgan fingerprint density at radius 3 is 2.90 bits per heavy atom. The summed E-state index contributed by atoms with van der Waals surface area (Å²) in [7, 11) is 0. The van der Waals surface area contributed by atoms with Gasteiger partial charge in [-0.05, 0) is 10.4 Å². The van der Waals surface area contributed by atoms with E-state index >= 15 is 0 Å². The number of hydrogen-bond acceptors (Lipinski definition) is 5. The Kier molecular flexibility index (Phi) is 5.62. The minimum atomic E-state index is -0.173. The minimum Gasteiger partial charge on any atom is -0.483 e. The Balaban J connectivity index is 1.66. The van der Waals surface area contributed by atoms with Gasteiger partial charge >= 0.3 is 0 Å². The molecule has 8 heteroatoms. The molecule has 0 atom stereocenters. The van der Waals surface area contributed by atoms with Crippen molar-refractivity contribution in [2.75, 3.05) is 13.2 Å². The van der Waals surface area contributed by atoms with Crippen molar-refractivity contribution in [3.63, 3.8) is 0 Å². The van der Waals surface area contributed by atoms with Gasteiger partial charge in [0.05, 0.1) is 6.54 Å². The Labute approximate surface area is 122 Å². The third-order valence-electron chi connectivity index (χ3n) is 2.77. The van der Waals surface area contributed by atoms with E-state index in [0.29, 0.717) is 18.8 Å². The summed E-state index contributed by atoms with van der Waals surface area (Å²) < 4.78 is 9.03. The smallest absolute Gasteiger partial charge is 0.258 e. The summed E-state index contributed by atoms with van der Waals surface area (Å²) in [5.74, 6) is 0.506. The second-order valence-electron chi connectivity index (χ2n) is 4.48. The molecule has 0 saturated carbocycles. The van der Waals surface area contributed by atoms with Gasteiger partial charge in [0, 0.05) is 25.1 Å². The molecule has 0 aliphatic heterocycles. The predicted octanol–water partition coefficient (Wildman–Crippen LogP) is -0.434. The number of carbonyl (C=O) groups excluding carboxylic acids is 1. The van der Waals surface area contributed by atoms with Gasteiger partial charge in [-0.15, -0.1) is 5.10 Å². The van der Waals surface area contributed by atoms with Crippen LogP contribution in [0.25, 0.3) is 0 Å². The highest BCUT2D eigenvalue weighted by Gasteiger charge is 2.04. The van der Waals surface area contributed by atoms with Crippen molar-refractivity contribution in [2.24, 2.45) is 0 Å². The monoisotopic (exact) mass is 291 g/mol. The Morgan fingerprint density at radius 2 is 2.24 bits per heavy atom. The summed E-state index contributed by atoms with van der Waals surface area (Å²) in [5, 5.41) is 13.5. The van der Waals surface area contributed by atoms with Crippen molar-refractivity contribution in [1.82, 2.24) is 25.5 Å². The van der Waals surface area contributed by atoms with Gasteiger partial charge in [0.25, 0.3) is 5.91 Å². The van der Waals surface area contributed by atoms with E-state index in [1.54, 1.807) is 4.68 Å². The molecule has 0 aliphatic carbocycles. The molecule has 8 nitrogen and oxygen atoms in total. The third-order valence-corrected chi connectivity index (χ3v) is 2.77. The van der Waals surface area contributed by atoms with Crippen LogP contribution in [0, 0.1) is 0 Å². The molecule has 2 aromatic heterocycles. The highest BCUT2D eigenvalue weighted by atomic mass is 16.5. The molecule has 21 heavy (non-hydrogen) atoms. The number of aromatic nitrogens is 5. The van der Waals surface area contributed by atoms with Gasteiger partial charge in [0.1, 0.15) is 18.6 Å². The lowest BCUT2D eigenvalue weighted by Crippen LogP contribution is -2.33. The van der Waals surface area contributed by atoms with E-state index in [1.807, 2.05) is 24.5 Å². The average Bonchev–Trinajstić information content (AvgIpc) is 3.00. The maximum Gasteiger partial charge on any atom is 0.258 e. The molecule has 0 radical (unpaired) electrons. The fraction of sp³-hybridized carbons (Fsp3) is 0.462. The van der Waals surface area contributed by atoms with E-state index in [0.717, 1.165) is 13.0 Å². The molecule has 2 heterocycles. The molecule has 0 spiro atoms. The molecule has 1 N–H and O–H groups in total. The van der Waals surface area contributed by atoms with Crippen LogP contribution in [0.15, 0.2) is 30.9 Å². The number of pyridine rings is 1. The zero-order chi connectivity index (χ0) is 14.9. The van der Waals surface area contributed by atoms with Gasteiger partial charge in [-0.3, -0.25) is 4.79 Å². The van der Waals surface area contributed by atoms with E-state index < -0.39 is 0 Å². The van der Waals surface area contributed by atoms with Crippen LogP contribution in [-0.4, -0.2) is 39.3 Å². The second-order valence-corrected chi connectivity index (χ2v) is 4.48. The number of tetrazole rings is 1. The largest absolute Gasteiger partial charge is 0.483 e. The summed E-state index contributed by atoms with van der Waals surface area (Å²) in [6.45, 7) is 4.07. The second kappa shape index (κ2) is 7.93. The highest BCUT2D eigenvalue weighted by Crippen LogP contribution is 2.05. The zero-order valence-electron chi connectivity index (χ0n) is 12.0. The van der Waals surface area contributed by atoms with Crippen molar-refractivity contribution in [3.05, 3.63) is 30.9 Å². The summed E-state index contributed by atoms with van der Waals surface area (Å²) in [5.41, 5.74) is 0. The van der Waals surface area contributed by atoms with Gasteiger partial charge < -0.3 is 10.1 Å². The van der Waals surface area contributed by atoms with Crippen LogP contribution >= 0.6 is 0 Å². The van der Waals surface area contributed by atoms with Crippen LogP contribution in [0.2, 0.25) is 0 Å². The summed E-state index contributed by atoms with van der Waals surface area (Å²) >= 11 is 0. The summed E-state index contributed by atoms with van der Waals surface area (Å²) in [6, 6.07) is 3.70. The fourth-order valence-corrected chi connectivity index (χ4v) is 1.74. The van der Waals surface area contributed by atoms with Crippen LogP contribution in [0.1, 0.15) is 13.3 Å². The van der Waals surface area contributed by atoms with Gasteiger partial charge in [0.15, 0.2) is 19.0 Å². The molecule has 0 aromatic carbocycles. The van der Waals surface area contributed by atoms with E-state index in [1.165, 1.54) is 6.33 Å². The predicted molar refractivity (Wildman–Crippen MR) is 73.2 cm³/mol. The number of nitrogens with zero attached hydrogens (tertiary/aromatic N) is 5. The number of ether oxygens (including phenoxy) is 1. The normalized spacial score (nSPS) is 10.3. The molecule has 1 amide bonds. The molecule has 0 fully saturated rings. The van der Waals surface area contributed by atoms with Gasteiger partial charge in [-0.25, -0.2) is 9.25 Å². The first kappa shape index (κ1) is 14.9. The summed E-state index contributed by atoms with van der Waals surface area (Å²) in [4.78, 5) is 11.6. The van der Waals surface area contributed by atoms with Crippen molar-refractivity contribution in [3.8, 4) is 5.75 Å². The van der Waals surface area contributed by atoms with Crippen LogP contribution < -0.4 is 14.6 Å². The molecule has 0 bridgehead atoms. The molecular formula is C13H19N6O2+. The molecular weight excluding hydrogens is 272 g/mol. The van der Waals surface area contributed by atoms with E-state index in [2.05, 4.69) is 32.3 Å². The van der Waals surface area contributed by atoms with Crippen molar-refractivity contribution >= 4 is 5.91 Å². The number of hydrogen-bond donors (Lipinski definition) is 1. The van der Waals surface area contributed by atoms with Crippen LogP contribution in [0.3, 0.4) is 0 Å². The van der Waals surface area contributed by atoms with Crippen LogP contribution in [0.5, 0.6) is 5.75 Å².